The Morgan fingerprint density at radius 1 is 1.54 bits per heavy atom. The van der Waals surface area contributed by atoms with Gasteiger partial charge in [0.15, 0.2) is 5.78 Å². The van der Waals surface area contributed by atoms with Crippen LogP contribution in [0.15, 0.2) is 18.2 Å². The van der Waals surface area contributed by atoms with Crippen molar-refractivity contribution in [2.24, 2.45) is 0 Å². The van der Waals surface area contributed by atoms with Crippen molar-refractivity contribution in [2.45, 2.75) is 13.3 Å². The van der Waals surface area contributed by atoms with Gasteiger partial charge in [0.05, 0.1) is 0 Å². The third-order valence-corrected chi connectivity index (χ3v) is 2.03. The molecule has 1 aromatic rings. The number of hydrogen-bond donors (Lipinski definition) is 1. The summed E-state index contributed by atoms with van der Waals surface area (Å²) in [5, 5.41) is 9.17. The van der Waals surface area contributed by atoms with Crippen LogP contribution in [0.25, 0.3) is 0 Å². The molecule has 70 valence electrons. The Morgan fingerprint density at radius 3 is 2.85 bits per heavy atom. The summed E-state index contributed by atoms with van der Waals surface area (Å²) in [4.78, 5) is 11.4. The van der Waals surface area contributed by atoms with Gasteiger partial charge in [-0.2, -0.15) is 0 Å². The highest BCUT2D eigenvalue weighted by molar-refractivity contribution is 6.19. The molecule has 0 atom stereocenters. The van der Waals surface area contributed by atoms with Crippen molar-refractivity contribution in [3.63, 3.8) is 0 Å². The van der Waals surface area contributed by atoms with Crippen molar-refractivity contribution in [2.75, 3.05) is 5.88 Å². The lowest BCUT2D eigenvalue weighted by Gasteiger charge is -2.03. The van der Waals surface area contributed by atoms with Crippen molar-refractivity contribution in [1.82, 2.24) is 0 Å². The second-order valence-electron chi connectivity index (χ2n) is 2.86. The van der Waals surface area contributed by atoms with E-state index in [9.17, 15) is 4.79 Å². The summed E-state index contributed by atoms with van der Waals surface area (Å²) in [5.41, 5.74) is 1.42. The third-order valence-electron chi connectivity index (χ3n) is 1.84. The van der Waals surface area contributed by atoms with Gasteiger partial charge in [-0.1, -0.05) is 6.07 Å². The monoisotopic (exact) mass is 198 g/mol. The van der Waals surface area contributed by atoms with Crippen LogP contribution in [0.2, 0.25) is 0 Å². The van der Waals surface area contributed by atoms with Gasteiger partial charge in [0, 0.05) is 17.9 Å². The van der Waals surface area contributed by atoms with E-state index in [0.29, 0.717) is 17.9 Å². The van der Waals surface area contributed by atoms with E-state index < -0.39 is 0 Å². The van der Waals surface area contributed by atoms with Gasteiger partial charge in [-0.25, -0.2) is 0 Å². The van der Waals surface area contributed by atoms with Crippen LogP contribution in [0.3, 0.4) is 0 Å². The first kappa shape index (κ1) is 10.1. The number of halogens is 1. The molecule has 1 N–H and O–H groups in total. The van der Waals surface area contributed by atoms with E-state index in [0.717, 1.165) is 5.56 Å². The zero-order valence-electron chi connectivity index (χ0n) is 7.38. The maximum absolute atomic E-state index is 11.4. The van der Waals surface area contributed by atoms with Gasteiger partial charge in [-0.3, -0.25) is 4.79 Å². The summed E-state index contributed by atoms with van der Waals surface area (Å²) in [5.74, 6) is 0.403. The molecule has 0 saturated heterocycles. The molecule has 0 amide bonds. The zero-order chi connectivity index (χ0) is 9.84. The van der Waals surface area contributed by atoms with Crippen LogP contribution in [0, 0.1) is 6.92 Å². The van der Waals surface area contributed by atoms with E-state index in [1.54, 1.807) is 12.1 Å². The summed E-state index contributed by atoms with van der Waals surface area (Å²) in [6.45, 7) is 1.83. The quantitative estimate of drug-likeness (QED) is 0.599. The molecular formula is C10H11ClO2. The summed E-state index contributed by atoms with van der Waals surface area (Å²) in [7, 11) is 0. The number of rotatable bonds is 3. The molecule has 0 saturated carbocycles. The van der Waals surface area contributed by atoms with E-state index in [1.807, 2.05) is 6.92 Å². The van der Waals surface area contributed by atoms with Gasteiger partial charge in [-0.15, -0.1) is 11.6 Å². The van der Waals surface area contributed by atoms with Crippen LogP contribution in [0.5, 0.6) is 5.75 Å². The van der Waals surface area contributed by atoms with Crippen molar-refractivity contribution in [3.8, 4) is 5.75 Å². The van der Waals surface area contributed by atoms with E-state index >= 15 is 0 Å². The molecule has 0 fully saturated rings. The van der Waals surface area contributed by atoms with Gasteiger partial charge >= 0.3 is 0 Å². The maximum atomic E-state index is 11.4. The molecule has 0 radical (unpaired) electrons. The summed E-state index contributed by atoms with van der Waals surface area (Å²) >= 11 is 5.46. The molecule has 0 heterocycles. The molecule has 0 bridgehead atoms. The molecule has 0 unspecified atom stereocenters. The lowest BCUT2D eigenvalue weighted by Crippen LogP contribution is -2.01. The Hall–Kier alpha value is -1.02. The number of aryl methyl sites for hydroxylation is 1. The lowest BCUT2D eigenvalue weighted by atomic mass is 10.0. The summed E-state index contributed by atoms with van der Waals surface area (Å²) in [6.07, 6.45) is 0.311. The molecule has 13 heavy (non-hydrogen) atoms. The van der Waals surface area contributed by atoms with E-state index in [2.05, 4.69) is 0 Å². The SMILES string of the molecule is Cc1ccc(O)cc1C(=O)CCCl. The minimum absolute atomic E-state index is 0.0246. The van der Waals surface area contributed by atoms with Crippen LogP contribution in [0.1, 0.15) is 22.3 Å². The number of Topliss-reactive ketones (excluding diaryl/α,β-unsaturated/α-hetero) is 1. The van der Waals surface area contributed by atoms with Crippen molar-refractivity contribution >= 4 is 17.4 Å². The standard InChI is InChI=1S/C10H11ClO2/c1-7-2-3-8(12)6-9(7)10(13)4-5-11/h2-3,6,12H,4-5H2,1H3. The van der Waals surface area contributed by atoms with Gasteiger partial charge in [0.1, 0.15) is 5.75 Å². The van der Waals surface area contributed by atoms with E-state index in [4.69, 9.17) is 16.7 Å². The number of aromatic hydroxyl groups is 1. The Bertz CT molecular complexity index is 321. The molecule has 2 nitrogen and oxygen atoms in total. The molecule has 0 aliphatic carbocycles. The number of phenols is 1. The molecule has 0 aromatic heterocycles. The first-order chi connectivity index (χ1) is 6.15. The fraction of sp³-hybridized carbons (Fsp3) is 0.300. The van der Waals surface area contributed by atoms with Crippen LogP contribution >= 0.6 is 11.6 Å². The molecule has 1 aromatic carbocycles. The number of carbonyl (C=O) groups is 1. The average molecular weight is 199 g/mol. The molecule has 0 aliphatic heterocycles. The highest BCUT2D eigenvalue weighted by Gasteiger charge is 2.08. The largest absolute Gasteiger partial charge is 0.508 e. The first-order valence-electron chi connectivity index (χ1n) is 4.04. The Balaban J connectivity index is 2.99. The maximum Gasteiger partial charge on any atom is 0.164 e. The summed E-state index contributed by atoms with van der Waals surface area (Å²) in [6, 6.07) is 4.76. The Labute approximate surface area is 82.2 Å². The number of ketones is 1. The lowest BCUT2D eigenvalue weighted by molar-refractivity contribution is 0.0988. The highest BCUT2D eigenvalue weighted by atomic mass is 35.5. The Morgan fingerprint density at radius 2 is 2.23 bits per heavy atom. The predicted molar refractivity (Wildman–Crippen MR) is 52.5 cm³/mol. The van der Waals surface area contributed by atoms with Crippen LogP contribution in [-0.2, 0) is 0 Å². The minimum atomic E-state index is -0.0246. The normalized spacial score (nSPS) is 10.0. The highest BCUT2D eigenvalue weighted by Crippen LogP contribution is 2.17. The predicted octanol–water partition coefficient (Wildman–Crippen LogP) is 2.51. The van der Waals surface area contributed by atoms with Crippen LogP contribution < -0.4 is 0 Å². The molecule has 1 rings (SSSR count). The van der Waals surface area contributed by atoms with Gasteiger partial charge in [-0.05, 0) is 24.6 Å². The number of hydrogen-bond acceptors (Lipinski definition) is 2. The first-order valence-corrected chi connectivity index (χ1v) is 4.57. The van der Waals surface area contributed by atoms with E-state index in [1.165, 1.54) is 6.07 Å². The number of benzene rings is 1. The van der Waals surface area contributed by atoms with Crippen molar-refractivity contribution in [3.05, 3.63) is 29.3 Å². The van der Waals surface area contributed by atoms with E-state index in [-0.39, 0.29) is 11.5 Å². The van der Waals surface area contributed by atoms with Crippen molar-refractivity contribution < 1.29 is 9.90 Å². The number of phenolic OH excluding ortho intramolecular Hbond substituents is 1. The van der Waals surface area contributed by atoms with Gasteiger partial charge < -0.3 is 5.11 Å². The zero-order valence-corrected chi connectivity index (χ0v) is 8.14. The van der Waals surface area contributed by atoms with Gasteiger partial charge in [0.2, 0.25) is 0 Å². The van der Waals surface area contributed by atoms with Gasteiger partial charge in [0.25, 0.3) is 0 Å². The summed E-state index contributed by atoms with van der Waals surface area (Å²) < 4.78 is 0. The smallest absolute Gasteiger partial charge is 0.164 e. The number of carbonyl (C=O) groups excluding carboxylic acids is 1. The molecule has 0 spiro atoms. The molecular weight excluding hydrogens is 188 g/mol. The second-order valence-corrected chi connectivity index (χ2v) is 3.24. The average Bonchev–Trinajstić information content (AvgIpc) is 2.09. The number of alkyl halides is 1. The second kappa shape index (κ2) is 4.28. The van der Waals surface area contributed by atoms with Crippen molar-refractivity contribution in [1.29, 1.82) is 0 Å². The fourth-order valence-electron chi connectivity index (χ4n) is 1.13. The fourth-order valence-corrected chi connectivity index (χ4v) is 1.30. The Kier molecular flexibility index (Phi) is 3.32. The van der Waals surface area contributed by atoms with Crippen LogP contribution in [-0.4, -0.2) is 16.8 Å². The topological polar surface area (TPSA) is 37.3 Å². The van der Waals surface area contributed by atoms with Crippen LogP contribution in [0.4, 0.5) is 0 Å². The third kappa shape index (κ3) is 2.46. The minimum Gasteiger partial charge on any atom is -0.508 e. The molecule has 0 aliphatic rings. The molecule has 3 heteroatoms.